The molecule has 0 bridgehead atoms. The van der Waals surface area contributed by atoms with E-state index in [2.05, 4.69) is 12.2 Å². The summed E-state index contributed by atoms with van der Waals surface area (Å²) >= 11 is 0. The average Bonchev–Trinajstić information content (AvgIpc) is 2.38. The highest BCUT2D eigenvalue weighted by atomic mass is 16.6. The molecule has 98 valence electrons. The zero-order chi connectivity index (χ0) is 13.1. The lowest BCUT2D eigenvalue weighted by molar-refractivity contribution is -0.384. The molecule has 0 aromatic heterocycles. The summed E-state index contributed by atoms with van der Waals surface area (Å²) in [7, 11) is 1.56. The van der Waals surface area contributed by atoms with Gasteiger partial charge in [0, 0.05) is 37.8 Å². The van der Waals surface area contributed by atoms with E-state index in [9.17, 15) is 10.1 Å². The van der Waals surface area contributed by atoms with Crippen molar-refractivity contribution in [3.8, 4) is 5.75 Å². The Kier molecular flexibility index (Phi) is 3.66. The van der Waals surface area contributed by atoms with Crippen LogP contribution in [0, 0.1) is 10.1 Å². The molecular weight excluding hydrogens is 234 g/mol. The zero-order valence-electron chi connectivity index (χ0n) is 10.5. The highest BCUT2D eigenvalue weighted by molar-refractivity contribution is 5.66. The second-order valence-electron chi connectivity index (χ2n) is 4.41. The average molecular weight is 251 g/mol. The highest BCUT2D eigenvalue weighted by Crippen LogP contribution is 2.32. The molecule has 0 aliphatic carbocycles. The summed E-state index contributed by atoms with van der Waals surface area (Å²) in [5, 5.41) is 14.4. The Balaban J connectivity index is 2.36. The van der Waals surface area contributed by atoms with E-state index in [1.54, 1.807) is 19.2 Å². The first-order valence-electron chi connectivity index (χ1n) is 5.92. The third-order valence-corrected chi connectivity index (χ3v) is 3.09. The minimum absolute atomic E-state index is 0.130. The second kappa shape index (κ2) is 5.22. The van der Waals surface area contributed by atoms with Gasteiger partial charge in [-0.15, -0.1) is 0 Å². The molecule has 6 nitrogen and oxygen atoms in total. The van der Waals surface area contributed by atoms with Crippen LogP contribution in [0.5, 0.6) is 5.75 Å². The van der Waals surface area contributed by atoms with Crippen LogP contribution < -0.4 is 15.0 Å². The van der Waals surface area contributed by atoms with Gasteiger partial charge in [0.05, 0.1) is 12.0 Å². The Labute approximate surface area is 106 Å². The molecule has 0 spiro atoms. The Morgan fingerprint density at radius 1 is 1.56 bits per heavy atom. The van der Waals surface area contributed by atoms with Crippen LogP contribution in [0.1, 0.15) is 6.92 Å². The molecule has 2 rings (SSSR count). The number of ether oxygens (including phenoxy) is 1. The molecule has 1 saturated heterocycles. The van der Waals surface area contributed by atoms with Crippen molar-refractivity contribution in [2.75, 3.05) is 31.6 Å². The molecule has 1 aromatic rings. The first kappa shape index (κ1) is 12.6. The third-order valence-electron chi connectivity index (χ3n) is 3.09. The molecule has 18 heavy (non-hydrogen) atoms. The van der Waals surface area contributed by atoms with Gasteiger partial charge in [-0.3, -0.25) is 10.1 Å². The predicted octanol–water partition coefficient (Wildman–Crippen LogP) is 1.40. The lowest BCUT2D eigenvalue weighted by Crippen LogP contribution is -2.49. The molecule has 1 aliphatic heterocycles. The number of hydrogen-bond acceptors (Lipinski definition) is 5. The summed E-state index contributed by atoms with van der Waals surface area (Å²) in [6, 6.07) is 5.18. The summed E-state index contributed by atoms with van der Waals surface area (Å²) in [5.74, 6) is 0.641. The molecule has 0 amide bonds. The lowest BCUT2D eigenvalue weighted by atomic mass is 10.1. The first-order chi connectivity index (χ1) is 8.61. The van der Waals surface area contributed by atoms with Crippen molar-refractivity contribution in [3.05, 3.63) is 28.3 Å². The van der Waals surface area contributed by atoms with Crippen molar-refractivity contribution >= 4 is 11.4 Å². The maximum absolute atomic E-state index is 11.1. The minimum Gasteiger partial charge on any atom is -0.497 e. The van der Waals surface area contributed by atoms with E-state index in [0.29, 0.717) is 17.5 Å². The minimum atomic E-state index is -0.346. The fourth-order valence-corrected chi connectivity index (χ4v) is 2.19. The van der Waals surface area contributed by atoms with Gasteiger partial charge in [-0.05, 0) is 13.0 Å². The van der Waals surface area contributed by atoms with E-state index >= 15 is 0 Å². The van der Waals surface area contributed by atoms with E-state index < -0.39 is 0 Å². The summed E-state index contributed by atoms with van der Waals surface area (Å²) in [6.07, 6.45) is 0. The maximum atomic E-state index is 11.1. The predicted molar refractivity (Wildman–Crippen MR) is 69.3 cm³/mol. The molecule has 6 heteroatoms. The molecule has 0 saturated carbocycles. The molecule has 1 atom stereocenters. The number of nitrogens with zero attached hydrogens (tertiary/aromatic N) is 2. The molecule has 1 aromatic carbocycles. The van der Waals surface area contributed by atoms with Crippen molar-refractivity contribution in [1.82, 2.24) is 5.32 Å². The molecule has 0 radical (unpaired) electrons. The number of benzene rings is 1. The zero-order valence-corrected chi connectivity index (χ0v) is 10.5. The van der Waals surface area contributed by atoms with Gasteiger partial charge in [-0.1, -0.05) is 0 Å². The number of nitro groups is 1. The lowest BCUT2D eigenvalue weighted by Gasteiger charge is -2.33. The van der Waals surface area contributed by atoms with Crippen LogP contribution in [-0.2, 0) is 0 Å². The number of nitrogens with one attached hydrogen (secondary N) is 1. The smallest absolute Gasteiger partial charge is 0.292 e. The van der Waals surface area contributed by atoms with Crippen LogP contribution in [0.4, 0.5) is 11.4 Å². The van der Waals surface area contributed by atoms with E-state index in [-0.39, 0.29) is 10.6 Å². The summed E-state index contributed by atoms with van der Waals surface area (Å²) < 4.78 is 5.14. The van der Waals surface area contributed by atoms with E-state index in [1.165, 1.54) is 6.07 Å². The van der Waals surface area contributed by atoms with Gasteiger partial charge in [-0.25, -0.2) is 0 Å². The molecule has 0 unspecified atom stereocenters. The maximum Gasteiger partial charge on any atom is 0.292 e. The van der Waals surface area contributed by atoms with Gasteiger partial charge < -0.3 is 15.0 Å². The summed E-state index contributed by atoms with van der Waals surface area (Å²) in [6.45, 7) is 4.42. The van der Waals surface area contributed by atoms with Crippen molar-refractivity contribution in [2.45, 2.75) is 13.0 Å². The van der Waals surface area contributed by atoms with E-state index in [0.717, 1.165) is 19.6 Å². The number of nitro benzene ring substituents is 1. The fraction of sp³-hybridized carbons (Fsp3) is 0.500. The Morgan fingerprint density at radius 2 is 2.33 bits per heavy atom. The van der Waals surface area contributed by atoms with Crippen molar-refractivity contribution in [3.63, 3.8) is 0 Å². The van der Waals surface area contributed by atoms with Crippen LogP contribution in [0.15, 0.2) is 18.2 Å². The van der Waals surface area contributed by atoms with Gasteiger partial charge in [0.25, 0.3) is 5.69 Å². The van der Waals surface area contributed by atoms with Crippen LogP contribution in [-0.4, -0.2) is 37.7 Å². The van der Waals surface area contributed by atoms with Crippen molar-refractivity contribution < 1.29 is 9.66 Å². The normalized spacial score (nSPS) is 19.7. The fourth-order valence-electron chi connectivity index (χ4n) is 2.19. The van der Waals surface area contributed by atoms with Gasteiger partial charge >= 0.3 is 0 Å². The molecule has 1 N–H and O–H groups in total. The number of hydrogen-bond donors (Lipinski definition) is 1. The van der Waals surface area contributed by atoms with Crippen LogP contribution in [0.25, 0.3) is 0 Å². The van der Waals surface area contributed by atoms with Gasteiger partial charge in [-0.2, -0.15) is 0 Å². The molecule has 1 heterocycles. The van der Waals surface area contributed by atoms with Gasteiger partial charge in [0.2, 0.25) is 0 Å². The monoisotopic (exact) mass is 251 g/mol. The SMILES string of the molecule is COc1ccc([N+](=O)[O-])c(N2CCN[C@@H](C)C2)c1. The van der Waals surface area contributed by atoms with E-state index in [1.807, 2.05) is 4.90 Å². The van der Waals surface area contributed by atoms with Crippen LogP contribution >= 0.6 is 0 Å². The second-order valence-corrected chi connectivity index (χ2v) is 4.41. The summed E-state index contributed by atoms with van der Waals surface area (Å²) in [5.41, 5.74) is 0.762. The first-order valence-corrected chi connectivity index (χ1v) is 5.92. The third kappa shape index (κ3) is 2.53. The van der Waals surface area contributed by atoms with Crippen LogP contribution in [0.3, 0.4) is 0 Å². The number of anilines is 1. The Morgan fingerprint density at radius 3 is 2.94 bits per heavy atom. The number of methoxy groups -OCH3 is 1. The summed E-state index contributed by atoms with van der Waals surface area (Å²) in [4.78, 5) is 12.8. The number of piperazine rings is 1. The van der Waals surface area contributed by atoms with Crippen molar-refractivity contribution in [1.29, 1.82) is 0 Å². The molecule has 1 fully saturated rings. The van der Waals surface area contributed by atoms with Crippen LogP contribution in [0.2, 0.25) is 0 Å². The molecule has 1 aliphatic rings. The Hall–Kier alpha value is -1.82. The largest absolute Gasteiger partial charge is 0.497 e. The van der Waals surface area contributed by atoms with Gasteiger partial charge in [0.1, 0.15) is 11.4 Å². The van der Waals surface area contributed by atoms with E-state index in [4.69, 9.17) is 4.74 Å². The Bertz CT molecular complexity index is 450. The van der Waals surface area contributed by atoms with Gasteiger partial charge in [0.15, 0.2) is 0 Å². The standard InChI is InChI=1S/C12H17N3O3/c1-9-8-14(6-5-13-9)12-7-10(18-2)3-4-11(12)15(16)17/h3-4,7,9,13H,5-6,8H2,1-2H3/t9-/m0/s1. The number of rotatable bonds is 3. The topological polar surface area (TPSA) is 67.6 Å². The quantitative estimate of drug-likeness (QED) is 0.649. The highest BCUT2D eigenvalue weighted by Gasteiger charge is 2.23. The molecular formula is C12H17N3O3. The van der Waals surface area contributed by atoms with Crippen molar-refractivity contribution in [2.24, 2.45) is 0 Å².